The fourth-order valence-corrected chi connectivity index (χ4v) is 4.77. The lowest BCUT2D eigenvalue weighted by molar-refractivity contribution is 0.0696. The largest absolute Gasteiger partial charge is 0.478 e. The van der Waals surface area contributed by atoms with Gasteiger partial charge in [-0.05, 0) is 43.4 Å². The first-order chi connectivity index (χ1) is 8.81. The van der Waals surface area contributed by atoms with E-state index in [9.17, 15) is 13.2 Å². The molecule has 1 aromatic carbocycles. The molecular formula is C13H15BrO4S. The van der Waals surface area contributed by atoms with Gasteiger partial charge in [0, 0.05) is 4.47 Å². The molecule has 0 aromatic heterocycles. The van der Waals surface area contributed by atoms with Crippen LogP contribution in [0.3, 0.4) is 0 Å². The van der Waals surface area contributed by atoms with Crippen molar-refractivity contribution in [2.75, 3.05) is 5.75 Å². The highest BCUT2D eigenvalue weighted by Crippen LogP contribution is 2.32. The molecule has 1 aliphatic carbocycles. The van der Waals surface area contributed by atoms with Gasteiger partial charge in [0.15, 0.2) is 9.84 Å². The highest BCUT2D eigenvalue weighted by Gasteiger charge is 2.28. The minimum atomic E-state index is -3.42. The summed E-state index contributed by atoms with van der Waals surface area (Å²) < 4.78 is 25.3. The van der Waals surface area contributed by atoms with Crippen molar-refractivity contribution >= 4 is 31.7 Å². The average Bonchev–Trinajstić information content (AvgIpc) is 2.27. The number of hydrogen-bond acceptors (Lipinski definition) is 3. The van der Waals surface area contributed by atoms with Crippen molar-refractivity contribution in [1.82, 2.24) is 0 Å². The second kappa shape index (κ2) is 5.25. The molecular weight excluding hydrogens is 332 g/mol. The van der Waals surface area contributed by atoms with Crippen LogP contribution in [-0.4, -0.2) is 25.2 Å². The van der Waals surface area contributed by atoms with Crippen molar-refractivity contribution in [2.45, 2.75) is 31.1 Å². The quantitative estimate of drug-likeness (QED) is 0.909. The van der Waals surface area contributed by atoms with E-state index in [4.69, 9.17) is 5.11 Å². The van der Waals surface area contributed by atoms with Crippen molar-refractivity contribution in [3.05, 3.63) is 27.7 Å². The molecule has 2 rings (SSSR count). The lowest BCUT2D eigenvalue weighted by atomic mass is 9.87. The third-order valence-corrected chi connectivity index (χ3v) is 6.39. The van der Waals surface area contributed by atoms with E-state index in [1.165, 1.54) is 12.1 Å². The maximum atomic E-state index is 12.4. The molecule has 0 amide bonds. The summed E-state index contributed by atoms with van der Waals surface area (Å²) in [6.45, 7) is 1.68. The molecule has 0 bridgehead atoms. The van der Waals surface area contributed by atoms with Crippen LogP contribution in [0, 0.1) is 12.8 Å². The number of halogens is 1. The van der Waals surface area contributed by atoms with Gasteiger partial charge in [-0.15, -0.1) is 0 Å². The fourth-order valence-electron chi connectivity index (χ4n) is 2.16. The molecule has 0 atom stereocenters. The predicted molar refractivity (Wildman–Crippen MR) is 75.2 cm³/mol. The van der Waals surface area contributed by atoms with Gasteiger partial charge < -0.3 is 5.11 Å². The fraction of sp³-hybridized carbons (Fsp3) is 0.462. The molecule has 0 heterocycles. The summed E-state index contributed by atoms with van der Waals surface area (Å²) in [6.07, 6.45) is 2.97. The molecule has 0 spiro atoms. The van der Waals surface area contributed by atoms with Gasteiger partial charge >= 0.3 is 5.97 Å². The van der Waals surface area contributed by atoms with Gasteiger partial charge in [0.05, 0.1) is 16.2 Å². The molecule has 4 nitrogen and oxygen atoms in total. The molecule has 0 unspecified atom stereocenters. The van der Waals surface area contributed by atoms with Gasteiger partial charge in [-0.2, -0.15) is 0 Å². The monoisotopic (exact) mass is 346 g/mol. The first-order valence-electron chi connectivity index (χ1n) is 6.07. The summed E-state index contributed by atoms with van der Waals surface area (Å²) in [5, 5.41) is 9.01. The summed E-state index contributed by atoms with van der Waals surface area (Å²) in [7, 11) is -3.42. The Morgan fingerprint density at radius 3 is 2.53 bits per heavy atom. The molecule has 1 fully saturated rings. The van der Waals surface area contributed by atoms with Crippen LogP contribution in [-0.2, 0) is 9.84 Å². The van der Waals surface area contributed by atoms with Gasteiger partial charge in [-0.3, -0.25) is 0 Å². The van der Waals surface area contributed by atoms with Crippen molar-refractivity contribution in [3.63, 3.8) is 0 Å². The van der Waals surface area contributed by atoms with Crippen LogP contribution in [0.4, 0.5) is 0 Å². The molecule has 1 saturated carbocycles. The summed E-state index contributed by atoms with van der Waals surface area (Å²) in [5.74, 6) is -0.791. The third kappa shape index (κ3) is 3.00. The SMILES string of the molecule is Cc1c(Br)cc(C(=O)O)cc1S(=O)(=O)CC1CCC1. The Labute approximate surface area is 120 Å². The zero-order valence-corrected chi connectivity index (χ0v) is 12.9. The van der Waals surface area contributed by atoms with E-state index in [2.05, 4.69) is 15.9 Å². The minimum absolute atomic E-state index is 0.00957. The maximum Gasteiger partial charge on any atom is 0.335 e. The summed E-state index contributed by atoms with van der Waals surface area (Å²) in [4.78, 5) is 11.1. The number of hydrogen-bond donors (Lipinski definition) is 1. The standard InChI is InChI=1S/C13H15BrO4S/c1-8-11(14)5-10(13(15)16)6-12(8)19(17,18)7-9-3-2-4-9/h5-6,9H,2-4,7H2,1H3,(H,15,16). The number of carboxylic acids is 1. The Morgan fingerprint density at radius 2 is 2.05 bits per heavy atom. The van der Waals surface area contributed by atoms with E-state index in [0.29, 0.717) is 10.0 Å². The van der Waals surface area contributed by atoms with Crippen LogP contribution in [0.1, 0.15) is 35.2 Å². The predicted octanol–water partition coefficient (Wildman–Crippen LogP) is 3.03. The topological polar surface area (TPSA) is 71.4 Å². The van der Waals surface area contributed by atoms with Gasteiger partial charge in [0.1, 0.15) is 0 Å². The molecule has 1 aromatic rings. The second-order valence-corrected chi connectivity index (χ2v) is 7.82. The molecule has 0 aliphatic heterocycles. The van der Waals surface area contributed by atoms with Crippen molar-refractivity contribution in [2.24, 2.45) is 5.92 Å². The Bertz CT molecular complexity index is 618. The Morgan fingerprint density at radius 1 is 1.42 bits per heavy atom. The summed E-state index contributed by atoms with van der Waals surface area (Å²) >= 11 is 3.23. The molecule has 0 radical (unpaired) electrons. The lowest BCUT2D eigenvalue weighted by Crippen LogP contribution is -2.23. The third-order valence-electron chi connectivity index (χ3n) is 3.56. The van der Waals surface area contributed by atoms with Gasteiger partial charge in [-0.1, -0.05) is 22.4 Å². The lowest BCUT2D eigenvalue weighted by Gasteiger charge is -2.25. The van der Waals surface area contributed by atoms with E-state index in [1.807, 2.05) is 0 Å². The van der Waals surface area contributed by atoms with E-state index in [-0.39, 0.29) is 22.1 Å². The molecule has 19 heavy (non-hydrogen) atoms. The molecule has 6 heteroatoms. The molecule has 0 saturated heterocycles. The van der Waals surface area contributed by atoms with Gasteiger partial charge in [0.25, 0.3) is 0 Å². The number of carbonyl (C=O) groups is 1. The molecule has 1 aliphatic rings. The van der Waals surface area contributed by atoms with Gasteiger partial charge in [-0.25, -0.2) is 13.2 Å². The highest BCUT2D eigenvalue weighted by atomic mass is 79.9. The number of carboxylic acid groups (broad SMARTS) is 1. The van der Waals surface area contributed by atoms with Crippen LogP contribution in [0.15, 0.2) is 21.5 Å². The highest BCUT2D eigenvalue weighted by molar-refractivity contribution is 9.10. The zero-order valence-electron chi connectivity index (χ0n) is 10.5. The molecule has 1 N–H and O–H groups in total. The van der Waals surface area contributed by atoms with Crippen LogP contribution in [0.5, 0.6) is 0 Å². The number of rotatable bonds is 4. The Balaban J connectivity index is 2.44. The van der Waals surface area contributed by atoms with Crippen LogP contribution in [0.2, 0.25) is 0 Å². The van der Waals surface area contributed by atoms with Crippen LogP contribution in [0.25, 0.3) is 0 Å². The molecule has 104 valence electrons. The zero-order chi connectivity index (χ0) is 14.2. The van der Waals surface area contributed by atoms with E-state index >= 15 is 0 Å². The second-order valence-electron chi connectivity index (χ2n) is 4.96. The maximum absolute atomic E-state index is 12.4. The number of aromatic carboxylic acids is 1. The smallest absolute Gasteiger partial charge is 0.335 e. The first-order valence-corrected chi connectivity index (χ1v) is 8.52. The summed E-state index contributed by atoms with van der Waals surface area (Å²) in [5.41, 5.74) is 0.564. The normalized spacial score (nSPS) is 16.1. The minimum Gasteiger partial charge on any atom is -0.478 e. The van der Waals surface area contributed by atoms with E-state index in [0.717, 1.165) is 19.3 Å². The van der Waals surface area contributed by atoms with Crippen LogP contribution >= 0.6 is 15.9 Å². The Kier molecular flexibility index (Phi) is 4.01. The van der Waals surface area contributed by atoms with E-state index in [1.54, 1.807) is 6.92 Å². The van der Waals surface area contributed by atoms with E-state index < -0.39 is 15.8 Å². The Hall–Kier alpha value is -0.880. The van der Waals surface area contributed by atoms with Crippen molar-refractivity contribution in [1.29, 1.82) is 0 Å². The van der Waals surface area contributed by atoms with Crippen molar-refractivity contribution < 1.29 is 18.3 Å². The van der Waals surface area contributed by atoms with Crippen LogP contribution < -0.4 is 0 Å². The summed E-state index contributed by atoms with van der Waals surface area (Å²) in [6, 6.07) is 2.69. The number of benzene rings is 1. The number of sulfone groups is 1. The van der Waals surface area contributed by atoms with Crippen molar-refractivity contribution in [3.8, 4) is 0 Å². The average molecular weight is 347 g/mol. The first kappa shape index (κ1) is 14.5. The van der Waals surface area contributed by atoms with Gasteiger partial charge in [0.2, 0.25) is 0 Å².